The van der Waals surface area contributed by atoms with Crippen LogP contribution in [0.25, 0.3) is 0 Å². The van der Waals surface area contributed by atoms with E-state index in [1.807, 2.05) is 6.07 Å². The van der Waals surface area contributed by atoms with Gasteiger partial charge >= 0.3 is 0 Å². The first-order valence-corrected chi connectivity index (χ1v) is 7.22. The maximum absolute atomic E-state index is 5.75. The first-order chi connectivity index (χ1) is 9.73. The first kappa shape index (κ1) is 15.1. The Morgan fingerprint density at radius 3 is 2.10 bits per heavy atom. The maximum Gasteiger partial charge on any atom is 0.122 e. The fourth-order valence-electron chi connectivity index (χ4n) is 2.68. The molecule has 1 aliphatic rings. The van der Waals surface area contributed by atoms with E-state index in [1.54, 1.807) is 21.3 Å². The van der Waals surface area contributed by atoms with Crippen molar-refractivity contribution in [1.29, 1.82) is 0 Å². The number of hydrogen-bond acceptors (Lipinski definition) is 4. The number of benzene rings is 1. The fourth-order valence-corrected chi connectivity index (χ4v) is 2.68. The van der Waals surface area contributed by atoms with Crippen molar-refractivity contribution in [1.82, 2.24) is 5.32 Å². The third-order valence-corrected chi connectivity index (χ3v) is 3.84. The molecule has 0 heterocycles. The molecule has 112 valence electrons. The van der Waals surface area contributed by atoms with Gasteiger partial charge in [0.05, 0.1) is 26.4 Å². The quantitative estimate of drug-likeness (QED) is 0.794. The van der Waals surface area contributed by atoms with Crippen LogP contribution in [0.15, 0.2) is 18.2 Å². The number of rotatable bonds is 8. The summed E-state index contributed by atoms with van der Waals surface area (Å²) in [5.41, 5.74) is 1.15. The van der Waals surface area contributed by atoms with E-state index in [0.29, 0.717) is 5.92 Å². The SMILES string of the molecule is CCNC(c1cc(OC)cc(OC)c1)C(OC)C1CC1. The number of likely N-dealkylation sites (N-methyl/N-ethyl adjacent to an activating group) is 1. The van der Waals surface area contributed by atoms with Crippen LogP contribution < -0.4 is 14.8 Å². The Hall–Kier alpha value is -1.26. The van der Waals surface area contributed by atoms with Crippen LogP contribution in [0.2, 0.25) is 0 Å². The molecule has 0 amide bonds. The molecule has 2 unspecified atom stereocenters. The summed E-state index contributed by atoms with van der Waals surface area (Å²) in [4.78, 5) is 0. The van der Waals surface area contributed by atoms with E-state index in [1.165, 1.54) is 12.8 Å². The number of hydrogen-bond donors (Lipinski definition) is 1. The molecule has 1 fully saturated rings. The van der Waals surface area contributed by atoms with Crippen LogP contribution in [0.5, 0.6) is 11.5 Å². The summed E-state index contributed by atoms with van der Waals surface area (Å²) in [5.74, 6) is 2.28. The van der Waals surface area contributed by atoms with Crippen LogP contribution in [0.1, 0.15) is 31.4 Å². The van der Waals surface area contributed by atoms with E-state index in [9.17, 15) is 0 Å². The molecular weight excluding hydrogens is 254 g/mol. The Morgan fingerprint density at radius 2 is 1.70 bits per heavy atom. The van der Waals surface area contributed by atoms with E-state index < -0.39 is 0 Å². The second-order valence-corrected chi connectivity index (χ2v) is 5.22. The van der Waals surface area contributed by atoms with Crippen LogP contribution in [0.3, 0.4) is 0 Å². The second-order valence-electron chi connectivity index (χ2n) is 5.22. The molecule has 0 aliphatic heterocycles. The van der Waals surface area contributed by atoms with Crippen molar-refractivity contribution in [2.24, 2.45) is 5.92 Å². The molecule has 1 aliphatic carbocycles. The minimum Gasteiger partial charge on any atom is -0.497 e. The molecule has 1 aromatic rings. The lowest BCUT2D eigenvalue weighted by Crippen LogP contribution is -2.34. The van der Waals surface area contributed by atoms with Gasteiger partial charge in [0, 0.05) is 13.2 Å². The van der Waals surface area contributed by atoms with Crippen molar-refractivity contribution in [3.05, 3.63) is 23.8 Å². The summed E-state index contributed by atoms with van der Waals surface area (Å²) in [6.45, 7) is 3.01. The van der Waals surface area contributed by atoms with E-state index in [4.69, 9.17) is 14.2 Å². The lowest BCUT2D eigenvalue weighted by Gasteiger charge is -2.28. The molecule has 0 aromatic heterocycles. The molecule has 0 saturated heterocycles. The van der Waals surface area contributed by atoms with Gasteiger partial charge in [-0.25, -0.2) is 0 Å². The Balaban J connectivity index is 2.31. The number of ether oxygens (including phenoxy) is 3. The molecule has 1 aromatic carbocycles. The lowest BCUT2D eigenvalue weighted by molar-refractivity contribution is 0.0510. The normalized spacial score (nSPS) is 17.6. The Morgan fingerprint density at radius 1 is 1.10 bits per heavy atom. The zero-order chi connectivity index (χ0) is 14.5. The predicted octanol–water partition coefficient (Wildman–Crippen LogP) is 2.78. The van der Waals surface area contributed by atoms with Crippen molar-refractivity contribution in [3.8, 4) is 11.5 Å². The topological polar surface area (TPSA) is 39.7 Å². The van der Waals surface area contributed by atoms with Crippen molar-refractivity contribution >= 4 is 0 Å². The van der Waals surface area contributed by atoms with Gasteiger partial charge in [0.15, 0.2) is 0 Å². The molecule has 0 bridgehead atoms. The molecule has 2 atom stereocenters. The zero-order valence-electron chi connectivity index (χ0n) is 12.8. The lowest BCUT2D eigenvalue weighted by atomic mass is 9.97. The molecule has 1 N–H and O–H groups in total. The fraction of sp³-hybridized carbons (Fsp3) is 0.625. The predicted molar refractivity (Wildman–Crippen MR) is 79.5 cm³/mol. The third kappa shape index (κ3) is 3.44. The summed E-state index contributed by atoms with van der Waals surface area (Å²) in [6, 6.07) is 6.18. The number of nitrogens with one attached hydrogen (secondary N) is 1. The average molecular weight is 279 g/mol. The van der Waals surface area contributed by atoms with Crippen molar-refractivity contribution in [3.63, 3.8) is 0 Å². The first-order valence-electron chi connectivity index (χ1n) is 7.22. The summed E-state index contributed by atoms with van der Waals surface area (Å²) in [7, 11) is 5.15. The van der Waals surface area contributed by atoms with E-state index in [-0.39, 0.29) is 12.1 Å². The van der Waals surface area contributed by atoms with E-state index >= 15 is 0 Å². The third-order valence-electron chi connectivity index (χ3n) is 3.84. The second kappa shape index (κ2) is 6.95. The summed E-state index contributed by atoms with van der Waals surface area (Å²) >= 11 is 0. The van der Waals surface area contributed by atoms with Crippen molar-refractivity contribution in [2.75, 3.05) is 27.9 Å². The van der Waals surface area contributed by atoms with Gasteiger partial charge < -0.3 is 19.5 Å². The Labute approximate surface area is 121 Å². The monoisotopic (exact) mass is 279 g/mol. The Kier molecular flexibility index (Phi) is 5.26. The minimum atomic E-state index is 0.168. The molecule has 4 nitrogen and oxygen atoms in total. The molecule has 1 saturated carbocycles. The van der Waals surface area contributed by atoms with Gasteiger partial charge in [0.2, 0.25) is 0 Å². The molecule has 0 radical (unpaired) electrons. The molecular formula is C16H25NO3. The Bertz CT molecular complexity index is 409. The summed E-state index contributed by atoms with van der Waals surface area (Å²) < 4.78 is 16.5. The smallest absolute Gasteiger partial charge is 0.122 e. The van der Waals surface area contributed by atoms with E-state index in [0.717, 1.165) is 23.6 Å². The highest BCUT2D eigenvalue weighted by molar-refractivity contribution is 5.40. The van der Waals surface area contributed by atoms with E-state index in [2.05, 4.69) is 24.4 Å². The minimum absolute atomic E-state index is 0.168. The van der Waals surface area contributed by atoms with Crippen LogP contribution in [0.4, 0.5) is 0 Å². The van der Waals surface area contributed by atoms with Gasteiger partial charge in [-0.05, 0) is 43.0 Å². The van der Waals surface area contributed by atoms with Crippen molar-refractivity contribution < 1.29 is 14.2 Å². The largest absolute Gasteiger partial charge is 0.497 e. The van der Waals surface area contributed by atoms with Crippen LogP contribution in [-0.4, -0.2) is 34.0 Å². The van der Waals surface area contributed by atoms with Gasteiger partial charge in [-0.1, -0.05) is 6.92 Å². The maximum atomic E-state index is 5.75. The number of methoxy groups -OCH3 is 3. The van der Waals surface area contributed by atoms with Crippen LogP contribution >= 0.6 is 0 Å². The summed E-state index contributed by atoms with van der Waals surface area (Å²) in [6.07, 6.45) is 2.70. The van der Waals surface area contributed by atoms with Gasteiger partial charge in [-0.3, -0.25) is 0 Å². The van der Waals surface area contributed by atoms with Gasteiger partial charge in [-0.15, -0.1) is 0 Å². The molecule has 2 rings (SSSR count). The average Bonchev–Trinajstić information content (AvgIpc) is 3.31. The van der Waals surface area contributed by atoms with Gasteiger partial charge in [-0.2, -0.15) is 0 Å². The highest BCUT2D eigenvalue weighted by Crippen LogP contribution is 2.41. The van der Waals surface area contributed by atoms with Gasteiger partial charge in [0.1, 0.15) is 11.5 Å². The van der Waals surface area contributed by atoms with Crippen molar-refractivity contribution in [2.45, 2.75) is 31.9 Å². The van der Waals surface area contributed by atoms with Crippen LogP contribution in [-0.2, 0) is 4.74 Å². The van der Waals surface area contributed by atoms with Crippen LogP contribution in [0, 0.1) is 5.92 Å². The molecule has 20 heavy (non-hydrogen) atoms. The van der Waals surface area contributed by atoms with Gasteiger partial charge in [0.25, 0.3) is 0 Å². The zero-order valence-corrected chi connectivity index (χ0v) is 12.8. The standard InChI is InChI=1S/C16H25NO3/c1-5-17-15(16(20-4)11-6-7-11)12-8-13(18-2)10-14(9-12)19-3/h8-11,15-17H,5-7H2,1-4H3. The summed E-state index contributed by atoms with van der Waals surface area (Å²) in [5, 5.41) is 3.54. The highest BCUT2D eigenvalue weighted by atomic mass is 16.5. The highest BCUT2D eigenvalue weighted by Gasteiger charge is 2.37. The molecule has 4 heteroatoms. The molecule has 0 spiro atoms.